The molecule has 29 heavy (non-hydrogen) atoms. The lowest BCUT2D eigenvalue weighted by Crippen LogP contribution is -3.08. The molecule has 148 valence electrons. The Hall–Kier alpha value is -2.91. The van der Waals surface area contributed by atoms with Crippen LogP contribution in [0.3, 0.4) is 0 Å². The molecule has 0 radical (unpaired) electrons. The fraction of sp³-hybridized carbons (Fsp3) is 0.269. The monoisotopic (exact) mass is 385 g/mol. The van der Waals surface area contributed by atoms with E-state index < -0.39 is 0 Å². The van der Waals surface area contributed by atoms with Gasteiger partial charge in [-0.1, -0.05) is 84.9 Å². The zero-order chi connectivity index (χ0) is 19.9. The quantitative estimate of drug-likeness (QED) is 0.643. The molecule has 1 aliphatic heterocycles. The van der Waals surface area contributed by atoms with Crippen molar-refractivity contribution in [2.45, 2.75) is 31.8 Å². The summed E-state index contributed by atoms with van der Waals surface area (Å²) in [5.41, 5.74) is 4.54. The maximum atomic E-state index is 13.1. The molecule has 3 nitrogen and oxygen atoms in total. The second-order valence-electron chi connectivity index (χ2n) is 7.92. The maximum Gasteiger partial charge on any atom is 0.232 e. The second-order valence-corrected chi connectivity index (χ2v) is 7.92. The highest BCUT2D eigenvalue weighted by molar-refractivity contribution is 5.87. The van der Waals surface area contributed by atoms with Crippen LogP contribution in [0.5, 0.6) is 0 Å². The van der Waals surface area contributed by atoms with Crippen molar-refractivity contribution in [3.8, 4) is 0 Å². The van der Waals surface area contributed by atoms with E-state index in [0.717, 1.165) is 23.2 Å². The molecule has 0 aromatic heterocycles. The van der Waals surface area contributed by atoms with Crippen molar-refractivity contribution in [2.24, 2.45) is 0 Å². The third-order valence-corrected chi connectivity index (χ3v) is 5.78. The van der Waals surface area contributed by atoms with E-state index in [9.17, 15) is 4.79 Å². The van der Waals surface area contributed by atoms with Gasteiger partial charge in [0, 0.05) is 24.9 Å². The number of hydrogen-bond donors (Lipinski definition) is 2. The molecule has 0 spiro atoms. The molecule has 3 aromatic carbocycles. The van der Waals surface area contributed by atoms with Gasteiger partial charge in [0.1, 0.15) is 6.54 Å². The molecule has 0 atom stereocenters. The summed E-state index contributed by atoms with van der Waals surface area (Å²) >= 11 is 0. The summed E-state index contributed by atoms with van der Waals surface area (Å²) in [4.78, 5) is 14.8. The van der Waals surface area contributed by atoms with Crippen LogP contribution >= 0.6 is 0 Å². The summed E-state index contributed by atoms with van der Waals surface area (Å²) in [6.45, 7) is 4.24. The molecule has 0 bridgehead atoms. The van der Waals surface area contributed by atoms with Gasteiger partial charge in [0.15, 0.2) is 0 Å². The van der Waals surface area contributed by atoms with Crippen molar-refractivity contribution in [1.29, 1.82) is 0 Å². The Balaban J connectivity index is 1.41. The molecule has 0 aliphatic carbocycles. The van der Waals surface area contributed by atoms with Gasteiger partial charge >= 0.3 is 0 Å². The maximum absolute atomic E-state index is 13.1. The van der Waals surface area contributed by atoms with E-state index in [1.54, 1.807) is 4.90 Å². The average molecular weight is 386 g/mol. The minimum atomic E-state index is -0.296. The van der Waals surface area contributed by atoms with Gasteiger partial charge in [-0.15, -0.1) is 0 Å². The molecule has 1 amide bonds. The molecule has 0 saturated carbocycles. The SMILES string of the molecule is O=C(NCc1ccc(C[NH+]2CCCC2)cc1)C(c1ccccc1)c1ccccc1. The number of nitrogens with one attached hydrogen (secondary N) is 2. The zero-order valence-corrected chi connectivity index (χ0v) is 16.8. The van der Waals surface area contributed by atoms with Crippen LogP contribution in [0.1, 0.15) is 41.0 Å². The Morgan fingerprint density at radius 3 is 1.83 bits per heavy atom. The molecule has 1 saturated heterocycles. The van der Waals surface area contributed by atoms with Crippen molar-refractivity contribution >= 4 is 5.91 Å². The normalized spacial score (nSPS) is 14.2. The molecule has 3 heteroatoms. The Bertz CT molecular complexity index is 861. The van der Waals surface area contributed by atoms with Gasteiger partial charge in [0.05, 0.1) is 19.0 Å². The highest BCUT2D eigenvalue weighted by atomic mass is 16.1. The molecule has 1 heterocycles. The van der Waals surface area contributed by atoms with Crippen LogP contribution in [-0.4, -0.2) is 19.0 Å². The number of carbonyl (C=O) groups is 1. The van der Waals surface area contributed by atoms with Crippen LogP contribution in [0.25, 0.3) is 0 Å². The van der Waals surface area contributed by atoms with Crippen molar-refractivity contribution in [3.63, 3.8) is 0 Å². The smallest absolute Gasteiger partial charge is 0.232 e. The van der Waals surface area contributed by atoms with E-state index >= 15 is 0 Å². The number of hydrogen-bond acceptors (Lipinski definition) is 1. The number of amides is 1. The first-order valence-corrected chi connectivity index (χ1v) is 10.6. The molecule has 2 N–H and O–H groups in total. The van der Waals surface area contributed by atoms with Crippen molar-refractivity contribution in [3.05, 3.63) is 107 Å². The van der Waals surface area contributed by atoms with Gasteiger partial charge in [0.2, 0.25) is 5.91 Å². The summed E-state index contributed by atoms with van der Waals surface area (Å²) in [5.74, 6) is -0.261. The van der Waals surface area contributed by atoms with Gasteiger partial charge in [-0.2, -0.15) is 0 Å². The van der Waals surface area contributed by atoms with Crippen LogP contribution in [0.4, 0.5) is 0 Å². The van der Waals surface area contributed by atoms with Crippen molar-refractivity contribution in [1.82, 2.24) is 5.32 Å². The van der Waals surface area contributed by atoms with E-state index in [1.165, 1.54) is 31.5 Å². The van der Waals surface area contributed by atoms with Crippen LogP contribution < -0.4 is 10.2 Å². The number of benzene rings is 3. The first kappa shape index (κ1) is 19.4. The predicted octanol–water partition coefficient (Wildman–Crippen LogP) is 3.31. The number of rotatable bonds is 7. The minimum absolute atomic E-state index is 0.0352. The Labute approximate surface area is 173 Å². The van der Waals surface area contributed by atoms with Gasteiger partial charge < -0.3 is 10.2 Å². The molecule has 4 rings (SSSR count). The van der Waals surface area contributed by atoms with Gasteiger partial charge in [-0.05, 0) is 16.7 Å². The van der Waals surface area contributed by atoms with Crippen LogP contribution in [-0.2, 0) is 17.9 Å². The minimum Gasteiger partial charge on any atom is -0.351 e. The largest absolute Gasteiger partial charge is 0.351 e. The lowest BCUT2D eigenvalue weighted by Gasteiger charge is -2.18. The molecule has 0 unspecified atom stereocenters. The topological polar surface area (TPSA) is 33.5 Å². The van der Waals surface area contributed by atoms with E-state index in [2.05, 4.69) is 29.6 Å². The summed E-state index contributed by atoms with van der Waals surface area (Å²) in [6, 6.07) is 28.7. The second kappa shape index (κ2) is 9.53. The van der Waals surface area contributed by atoms with Gasteiger partial charge in [0.25, 0.3) is 0 Å². The Morgan fingerprint density at radius 1 is 0.759 bits per heavy atom. The summed E-state index contributed by atoms with van der Waals surface area (Å²) in [7, 11) is 0. The van der Waals surface area contributed by atoms with Crippen molar-refractivity contribution in [2.75, 3.05) is 13.1 Å². The van der Waals surface area contributed by atoms with Crippen LogP contribution in [0, 0.1) is 0 Å². The highest BCUT2D eigenvalue weighted by Crippen LogP contribution is 2.24. The standard InChI is InChI=1S/C26H28N2O/c29-26(25(23-9-3-1-4-10-23)24-11-5-2-6-12-24)27-19-21-13-15-22(16-14-21)20-28-17-7-8-18-28/h1-6,9-16,25H,7-8,17-20H2,(H,27,29)/p+1. The van der Waals surface area contributed by atoms with Crippen LogP contribution in [0.2, 0.25) is 0 Å². The summed E-state index contributed by atoms with van der Waals surface area (Å²) in [6.07, 6.45) is 2.70. The third-order valence-electron chi connectivity index (χ3n) is 5.78. The fourth-order valence-electron chi connectivity index (χ4n) is 4.19. The lowest BCUT2D eigenvalue weighted by molar-refractivity contribution is -0.901. The average Bonchev–Trinajstić information content (AvgIpc) is 3.28. The Kier molecular flexibility index (Phi) is 6.38. The zero-order valence-electron chi connectivity index (χ0n) is 16.8. The van der Waals surface area contributed by atoms with Crippen molar-refractivity contribution < 1.29 is 9.69 Å². The lowest BCUT2D eigenvalue weighted by atomic mass is 9.90. The van der Waals surface area contributed by atoms with E-state index in [1.807, 2.05) is 60.7 Å². The van der Waals surface area contributed by atoms with Crippen LogP contribution in [0.15, 0.2) is 84.9 Å². The number of likely N-dealkylation sites (tertiary alicyclic amines) is 1. The molecule has 3 aromatic rings. The fourth-order valence-corrected chi connectivity index (χ4v) is 4.19. The van der Waals surface area contributed by atoms with E-state index in [-0.39, 0.29) is 11.8 Å². The first-order valence-electron chi connectivity index (χ1n) is 10.6. The van der Waals surface area contributed by atoms with E-state index in [4.69, 9.17) is 0 Å². The molecule has 1 aliphatic rings. The Morgan fingerprint density at radius 2 is 1.28 bits per heavy atom. The number of quaternary nitrogens is 1. The third kappa shape index (κ3) is 5.12. The summed E-state index contributed by atoms with van der Waals surface area (Å²) in [5, 5.41) is 3.14. The first-order chi connectivity index (χ1) is 14.3. The predicted molar refractivity (Wildman–Crippen MR) is 117 cm³/mol. The van der Waals surface area contributed by atoms with Gasteiger partial charge in [-0.25, -0.2) is 0 Å². The molecular weight excluding hydrogens is 356 g/mol. The summed E-state index contributed by atoms with van der Waals surface area (Å²) < 4.78 is 0. The highest BCUT2D eigenvalue weighted by Gasteiger charge is 2.22. The number of carbonyl (C=O) groups excluding carboxylic acids is 1. The molecular formula is C26H29N2O+. The van der Waals surface area contributed by atoms with E-state index in [0.29, 0.717) is 6.54 Å². The molecule has 1 fully saturated rings. The van der Waals surface area contributed by atoms with Gasteiger partial charge in [-0.3, -0.25) is 4.79 Å².